The smallest absolute Gasteiger partial charge is 0.226 e. The molecule has 1 N–H and O–H groups in total. The van der Waals surface area contributed by atoms with Gasteiger partial charge in [0.1, 0.15) is 0 Å². The number of nitrogens with zero attached hydrogens (tertiary/aromatic N) is 2. The zero-order chi connectivity index (χ0) is 11.2. The lowest BCUT2D eigenvalue weighted by Crippen LogP contribution is -2.03. The first kappa shape index (κ1) is 10.9. The second kappa shape index (κ2) is 5.46. The molecule has 0 saturated carbocycles. The van der Waals surface area contributed by atoms with E-state index in [1.807, 2.05) is 13.0 Å². The molecule has 0 saturated heterocycles. The first-order chi connectivity index (χ1) is 7.88. The van der Waals surface area contributed by atoms with Crippen LogP contribution in [0.1, 0.15) is 11.8 Å². The minimum atomic E-state index is 0.597. The van der Waals surface area contributed by atoms with E-state index < -0.39 is 0 Å². The van der Waals surface area contributed by atoms with Gasteiger partial charge in [-0.3, -0.25) is 0 Å². The lowest BCUT2D eigenvalue weighted by atomic mass is 10.5. The molecular weight excluding hydrogens is 222 g/mol. The number of aromatic nitrogens is 2. The highest BCUT2D eigenvalue weighted by Crippen LogP contribution is 2.12. The average molecular weight is 235 g/mol. The Kier molecular flexibility index (Phi) is 3.71. The van der Waals surface area contributed by atoms with Gasteiger partial charge in [0.15, 0.2) is 0 Å². The van der Waals surface area contributed by atoms with Crippen LogP contribution in [0, 0.1) is 0 Å². The van der Waals surface area contributed by atoms with Crippen LogP contribution in [0.15, 0.2) is 29.8 Å². The van der Waals surface area contributed by atoms with Gasteiger partial charge in [0.25, 0.3) is 0 Å². The van der Waals surface area contributed by atoms with Gasteiger partial charge < -0.3 is 10.1 Å². The van der Waals surface area contributed by atoms with Crippen LogP contribution >= 0.6 is 11.3 Å². The predicted molar refractivity (Wildman–Crippen MR) is 64.8 cm³/mol. The zero-order valence-electron chi connectivity index (χ0n) is 9.01. The Hall–Kier alpha value is -1.62. The Bertz CT molecular complexity index is 431. The van der Waals surface area contributed by atoms with E-state index in [4.69, 9.17) is 4.74 Å². The van der Waals surface area contributed by atoms with Gasteiger partial charge in [-0.05, 0) is 18.4 Å². The fourth-order valence-electron chi connectivity index (χ4n) is 1.23. The molecule has 0 fully saturated rings. The molecular formula is C11H13N3OS. The maximum absolute atomic E-state index is 5.30. The van der Waals surface area contributed by atoms with Gasteiger partial charge in [-0.1, -0.05) is 6.07 Å². The Labute approximate surface area is 98.3 Å². The van der Waals surface area contributed by atoms with E-state index in [0.717, 1.165) is 6.54 Å². The van der Waals surface area contributed by atoms with Crippen LogP contribution in [-0.2, 0) is 6.54 Å². The summed E-state index contributed by atoms with van der Waals surface area (Å²) in [5.41, 5.74) is 0. The number of rotatable bonds is 5. The minimum Gasteiger partial charge on any atom is -0.478 e. The fourth-order valence-corrected chi connectivity index (χ4v) is 1.88. The summed E-state index contributed by atoms with van der Waals surface area (Å²) < 4.78 is 5.30. The number of hydrogen-bond donors (Lipinski definition) is 1. The molecule has 16 heavy (non-hydrogen) atoms. The summed E-state index contributed by atoms with van der Waals surface area (Å²) in [5, 5.41) is 5.20. The van der Waals surface area contributed by atoms with Gasteiger partial charge >= 0.3 is 0 Å². The molecule has 4 nitrogen and oxygen atoms in total. The molecule has 0 aliphatic rings. The van der Waals surface area contributed by atoms with Gasteiger partial charge in [-0.2, -0.15) is 4.98 Å². The van der Waals surface area contributed by atoms with Crippen molar-refractivity contribution in [1.29, 1.82) is 0 Å². The molecule has 0 aromatic carbocycles. The maximum atomic E-state index is 5.30. The third kappa shape index (κ3) is 2.93. The standard InChI is InChI=1S/C11H13N3OS/c1-2-15-10-5-6-12-11(14-10)13-8-9-4-3-7-16-9/h3-7H,2,8H2,1H3,(H,12,13,14). The van der Waals surface area contributed by atoms with Gasteiger partial charge in [0.05, 0.1) is 13.2 Å². The number of hydrogen-bond acceptors (Lipinski definition) is 5. The maximum Gasteiger partial charge on any atom is 0.226 e. The van der Waals surface area contributed by atoms with E-state index in [9.17, 15) is 0 Å². The largest absolute Gasteiger partial charge is 0.478 e. The fraction of sp³-hybridized carbons (Fsp3) is 0.273. The van der Waals surface area contributed by atoms with Crippen LogP contribution in [0.25, 0.3) is 0 Å². The average Bonchev–Trinajstić information content (AvgIpc) is 2.80. The molecule has 2 aromatic heterocycles. The Morgan fingerprint density at radius 2 is 2.38 bits per heavy atom. The summed E-state index contributed by atoms with van der Waals surface area (Å²) in [6, 6.07) is 5.85. The topological polar surface area (TPSA) is 47.0 Å². The second-order valence-corrected chi connectivity index (χ2v) is 4.12. The highest BCUT2D eigenvalue weighted by atomic mass is 32.1. The van der Waals surface area contributed by atoms with Crippen molar-refractivity contribution >= 4 is 17.3 Å². The van der Waals surface area contributed by atoms with Crippen molar-refractivity contribution in [3.8, 4) is 5.88 Å². The van der Waals surface area contributed by atoms with Crippen molar-refractivity contribution < 1.29 is 4.74 Å². The molecule has 2 heterocycles. The molecule has 2 rings (SSSR count). The van der Waals surface area contributed by atoms with E-state index in [-0.39, 0.29) is 0 Å². The van der Waals surface area contributed by atoms with Crippen molar-refractivity contribution in [2.45, 2.75) is 13.5 Å². The Balaban J connectivity index is 1.96. The molecule has 0 atom stereocenters. The minimum absolute atomic E-state index is 0.597. The Morgan fingerprint density at radius 1 is 1.44 bits per heavy atom. The summed E-state index contributed by atoms with van der Waals surface area (Å²) in [5.74, 6) is 1.20. The molecule has 0 radical (unpaired) electrons. The molecule has 0 aliphatic carbocycles. The van der Waals surface area contributed by atoms with Crippen LogP contribution in [0.5, 0.6) is 5.88 Å². The second-order valence-electron chi connectivity index (χ2n) is 3.08. The van der Waals surface area contributed by atoms with Crippen molar-refractivity contribution in [2.24, 2.45) is 0 Å². The summed E-state index contributed by atoms with van der Waals surface area (Å²) in [7, 11) is 0. The van der Waals surface area contributed by atoms with Crippen molar-refractivity contribution in [2.75, 3.05) is 11.9 Å². The molecule has 0 aliphatic heterocycles. The monoisotopic (exact) mass is 235 g/mol. The molecule has 0 bridgehead atoms. The highest BCUT2D eigenvalue weighted by Gasteiger charge is 1.99. The third-order valence-corrected chi connectivity index (χ3v) is 2.80. The normalized spacial score (nSPS) is 10.1. The van der Waals surface area contributed by atoms with Crippen LogP contribution in [0.3, 0.4) is 0 Å². The van der Waals surface area contributed by atoms with E-state index in [1.165, 1.54) is 4.88 Å². The molecule has 0 spiro atoms. The van der Waals surface area contributed by atoms with Crippen LogP contribution in [-0.4, -0.2) is 16.6 Å². The van der Waals surface area contributed by atoms with Crippen LogP contribution in [0.2, 0.25) is 0 Å². The van der Waals surface area contributed by atoms with Gasteiger partial charge in [-0.15, -0.1) is 11.3 Å². The quantitative estimate of drug-likeness (QED) is 0.865. The highest BCUT2D eigenvalue weighted by molar-refractivity contribution is 7.09. The van der Waals surface area contributed by atoms with Crippen molar-refractivity contribution in [1.82, 2.24) is 9.97 Å². The van der Waals surface area contributed by atoms with Crippen molar-refractivity contribution in [3.05, 3.63) is 34.7 Å². The lowest BCUT2D eigenvalue weighted by molar-refractivity contribution is 0.326. The molecule has 5 heteroatoms. The summed E-state index contributed by atoms with van der Waals surface area (Å²) >= 11 is 1.71. The van der Waals surface area contributed by atoms with E-state index in [0.29, 0.717) is 18.4 Å². The van der Waals surface area contributed by atoms with Gasteiger partial charge in [0.2, 0.25) is 11.8 Å². The summed E-state index contributed by atoms with van der Waals surface area (Å²) in [4.78, 5) is 9.60. The van der Waals surface area contributed by atoms with E-state index in [2.05, 4.69) is 26.7 Å². The van der Waals surface area contributed by atoms with E-state index >= 15 is 0 Å². The summed E-state index contributed by atoms with van der Waals surface area (Å²) in [6.45, 7) is 3.29. The molecule has 2 aromatic rings. The van der Waals surface area contributed by atoms with Crippen LogP contribution in [0.4, 0.5) is 5.95 Å². The molecule has 0 amide bonds. The predicted octanol–water partition coefficient (Wildman–Crippen LogP) is 2.55. The van der Waals surface area contributed by atoms with E-state index in [1.54, 1.807) is 23.6 Å². The zero-order valence-corrected chi connectivity index (χ0v) is 9.83. The Morgan fingerprint density at radius 3 is 3.12 bits per heavy atom. The van der Waals surface area contributed by atoms with Crippen molar-refractivity contribution in [3.63, 3.8) is 0 Å². The first-order valence-electron chi connectivity index (χ1n) is 5.10. The number of thiophene rings is 1. The van der Waals surface area contributed by atoms with Gasteiger partial charge in [0, 0.05) is 17.1 Å². The lowest BCUT2D eigenvalue weighted by Gasteiger charge is -2.05. The van der Waals surface area contributed by atoms with Gasteiger partial charge in [-0.25, -0.2) is 4.98 Å². The number of anilines is 1. The molecule has 0 unspecified atom stereocenters. The summed E-state index contributed by atoms with van der Waals surface area (Å²) in [6.07, 6.45) is 1.69. The first-order valence-corrected chi connectivity index (χ1v) is 5.98. The van der Waals surface area contributed by atoms with Crippen LogP contribution < -0.4 is 10.1 Å². The number of nitrogens with one attached hydrogen (secondary N) is 1. The SMILES string of the molecule is CCOc1ccnc(NCc2cccs2)n1. The number of ether oxygens (including phenoxy) is 1. The third-order valence-electron chi connectivity index (χ3n) is 1.92. The molecule has 84 valence electrons.